The van der Waals surface area contributed by atoms with Crippen LogP contribution in [-0.2, 0) is 29.1 Å². The van der Waals surface area contributed by atoms with Gasteiger partial charge >= 0.3 is 0 Å². The van der Waals surface area contributed by atoms with Crippen molar-refractivity contribution < 1.29 is 14.0 Å². The molecule has 0 fully saturated rings. The lowest BCUT2D eigenvalue weighted by Gasteiger charge is -2.28. The molecule has 2 aromatic rings. The van der Waals surface area contributed by atoms with Gasteiger partial charge in [-0.1, -0.05) is 36.4 Å². The number of amides is 2. The molecule has 1 aliphatic heterocycles. The Kier molecular flexibility index (Phi) is 4.89. The fourth-order valence-electron chi connectivity index (χ4n) is 2.82. The predicted octanol–water partition coefficient (Wildman–Crippen LogP) is 2.42. The number of hydrogen-bond donors (Lipinski definition) is 1. The first-order valence-corrected chi connectivity index (χ1v) is 7.97. The van der Waals surface area contributed by atoms with Gasteiger partial charge in [0, 0.05) is 19.6 Å². The Hall–Kier alpha value is -2.69. The fourth-order valence-corrected chi connectivity index (χ4v) is 2.82. The number of carbonyl (C=O) groups excluding carboxylic acids is 2. The van der Waals surface area contributed by atoms with Crippen LogP contribution in [0.3, 0.4) is 0 Å². The van der Waals surface area contributed by atoms with Crippen molar-refractivity contribution in [1.29, 1.82) is 0 Å². The average molecular weight is 326 g/mol. The van der Waals surface area contributed by atoms with Gasteiger partial charge in [-0.3, -0.25) is 9.59 Å². The number of nitrogens with zero attached hydrogens (tertiary/aromatic N) is 1. The van der Waals surface area contributed by atoms with Crippen LogP contribution in [0.5, 0.6) is 0 Å². The van der Waals surface area contributed by atoms with Crippen LogP contribution in [0.25, 0.3) is 0 Å². The number of benzene rings is 2. The lowest BCUT2D eigenvalue weighted by atomic mass is 10.00. The summed E-state index contributed by atoms with van der Waals surface area (Å²) in [6.45, 7) is 1.48. The van der Waals surface area contributed by atoms with Gasteiger partial charge in [-0.2, -0.15) is 0 Å². The second-order valence-corrected chi connectivity index (χ2v) is 5.91. The van der Waals surface area contributed by atoms with Gasteiger partial charge < -0.3 is 10.2 Å². The summed E-state index contributed by atoms with van der Waals surface area (Å²) in [6, 6.07) is 14.0. The summed E-state index contributed by atoms with van der Waals surface area (Å²) in [5.41, 5.74) is 3.20. The molecule has 1 aliphatic rings. The smallest absolute Gasteiger partial charge is 0.232 e. The van der Waals surface area contributed by atoms with Gasteiger partial charge in [0.25, 0.3) is 0 Å². The lowest BCUT2D eigenvalue weighted by molar-refractivity contribution is -0.136. The molecule has 1 N–H and O–H groups in total. The fraction of sp³-hybridized carbons (Fsp3) is 0.263. The maximum atomic E-state index is 12.8. The Morgan fingerprint density at radius 1 is 1.04 bits per heavy atom. The molecule has 0 aliphatic carbocycles. The van der Waals surface area contributed by atoms with Crippen LogP contribution in [0.1, 0.15) is 23.1 Å². The molecule has 0 atom stereocenters. The molecule has 2 aromatic carbocycles. The van der Waals surface area contributed by atoms with Crippen LogP contribution in [-0.4, -0.2) is 23.3 Å². The van der Waals surface area contributed by atoms with Gasteiger partial charge in [0.05, 0.1) is 0 Å². The molecule has 0 saturated heterocycles. The Balaban J connectivity index is 1.50. The van der Waals surface area contributed by atoms with Crippen molar-refractivity contribution in [3.63, 3.8) is 0 Å². The number of rotatable bonds is 4. The van der Waals surface area contributed by atoms with Crippen LogP contribution in [0, 0.1) is 5.82 Å². The molecule has 0 bridgehead atoms. The molecule has 4 nitrogen and oxygen atoms in total. The summed E-state index contributed by atoms with van der Waals surface area (Å²) in [5.74, 6) is -0.796. The van der Waals surface area contributed by atoms with E-state index in [2.05, 4.69) is 11.4 Å². The van der Waals surface area contributed by atoms with Crippen LogP contribution in [0.2, 0.25) is 0 Å². The molecule has 24 heavy (non-hydrogen) atoms. The molecule has 0 radical (unpaired) electrons. The highest BCUT2D eigenvalue weighted by Gasteiger charge is 2.22. The highest BCUT2D eigenvalue weighted by molar-refractivity contribution is 5.96. The molecule has 3 rings (SSSR count). The Morgan fingerprint density at radius 3 is 2.50 bits per heavy atom. The summed E-state index contributed by atoms with van der Waals surface area (Å²) < 4.78 is 12.8. The molecule has 1 heterocycles. The van der Waals surface area contributed by atoms with E-state index in [1.54, 1.807) is 17.0 Å². The molecule has 0 saturated carbocycles. The van der Waals surface area contributed by atoms with Gasteiger partial charge in [0.1, 0.15) is 12.2 Å². The van der Waals surface area contributed by atoms with E-state index < -0.39 is 0 Å². The van der Waals surface area contributed by atoms with E-state index in [0.29, 0.717) is 13.1 Å². The first-order valence-electron chi connectivity index (χ1n) is 7.97. The van der Waals surface area contributed by atoms with Crippen LogP contribution in [0.15, 0.2) is 48.5 Å². The number of nitrogens with one attached hydrogen (secondary N) is 1. The van der Waals surface area contributed by atoms with Crippen LogP contribution in [0.4, 0.5) is 4.39 Å². The zero-order valence-corrected chi connectivity index (χ0v) is 13.3. The van der Waals surface area contributed by atoms with Crippen LogP contribution >= 0.6 is 0 Å². The summed E-state index contributed by atoms with van der Waals surface area (Å²) in [5, 5.41) is 2.70. The number of carbonyl (C=O) groups is 2. The zero-order valence-electron chi connectivity index (χ0n) is 13.3. The summed E-state index contributed by atoms with van der Waals surface area (Å²) in [4.78, 5) is 26.0. The molecule has 124 valence electrons. The van der Waals surface area contributed by atoms with Crippen molar-refractivity contribution >= 4 is 11.8 Å². The molecule has 5 heteroatoms. The van der Waals surface area contributed by atoms with Gasteiger partial charge in [-0.15, -0.1) is 0 Å². The third-order valence-electron chi connectivity index (χ3n) is 4.20. The molecule has 2 amide bonds. The molecule has 0 unspecified atom stereocenters. The zero-order chi connectivity index (χ0) is 16.9. The topological polar surface area (TPSA) is 49.4 Å². The minimum Gasteiger partial charge on any atom is -0.352 e. The van der Waals surface area contributed by atoms with E-state index >= 15 is 0 Å². The quantitative estimate of drug-likeness (QED) is 0.877. The van der Waals surface area contributed by atoms with Gasteiger partial charge in [-0.05, 0) is 35.2 Å². The Morgan fingerprint density at radius 2 is 1.75 bits per heavy atom. The van der Waals surface area contributed by atoms with E-state index in [9.17, 15) is 14.0 Å². The number of fused-ring (bicyclic) bond motifs is 1. The second-order valence-electron chi connectivity index (χ2n) is 5.91. The highest BCUT2D eigenvalue weighted by Crippen LogP contribution is 2.18. The van der Waals surface area contributed by atoms with Crippen LogP contribution < -0.4 is 5.32 Å². The first-order chi connectivity index (χ1) is 11.6. The van der Waals surface area contributed by atoms with E-state index in [4.69, 9.17) is 0 Å². The SMILES string of the molecule is O=C(CC(=O)N1CCc2ccccc2C1)NCc1ccc(F)cc1. The van der Waals surface area contributed by atoms with Crippen molar-refractivity contribution in [3.8, 4) is 0 Å². The minimum absolute atomic E-state index is 0.163. The van der Waals surface area contributed by atoms with Gasteiger partial charge in [0.15, 0.2) is 0 Å². The molecular formula is C19H19FN2O2. The highest BCUT2D eigenvalue weighted by atomic mass is 19.1. The van der Waals surface area contributed by atoms with Gasteiger partial charge in [0.2, 0.25) is 11.8 Å². The molecule has 0 aromatic heterocycles. The monoisotopic (exact) mass is 326 g/mol. The van der Waals surface area contributed by atoms with E-state index in [1.165, 1.54) is 17.7 Å². The van der Waals surface area contributed by atoms with Crippen molar-refractivity contribution in [2.45, 2.75) is 25.9 Å². The lowest BCUT2D eigenvalue weighted by Crippen LogP contribution is -2.38. The van der Waals surface area contributed by atoms with Crippen molar-refractivity contribution in [2.24, 2.45) is 0 Å². The van der Waals surface area contributed by atoms with Crippen molar-refractivity contribution in [1.82, 2.24) is 10.2 Å². The molecular weight excluding hydrogens is 307 g/mol. The minimum atomic E-state index is -0.316. The normalized spacial score (nSPS) is 13.3. The molecule has 0 spiro atoms. The maximum absolute atomic E-state index is 12.8. The predicted molar refractivity (Wildman–Crippen MR) is 88.4 cm³/mol. The third kappa shape index (κ3) is 3.98. The third-order valence-corrected chi connectivity index (χ3v) is 4.20. The van der Waals surface area contributed by atoms with E-state index in [-0.39, 0.29) is 30.6 Å². The van der Waals surface area contributed by atoms with Crippen molar-refractivity contribution in [2.75, 3.05) is 6.54 Å². The van der Waals surface area contributed by atoms with Gasteiger partial charge in [-0.25, -0.2) is 4.39 Å². The summed E-state index contributed by atoms with van der Waals surface area (Å²) >= 11 is 0. The van der Waals surface area contributed by atoms with E-state index in [0.717, 1.165) is 17.5 Å². The Labute approximate surface area is 140 Å². The van der Waals surface area contributed by atoms with Crippen molar-refractivity contribution in [3.05, 3.63) is 71.0 Å². The second kappa shape index (κ2) is 7.25. The maximum Gasteiger partial charge on any atom is 0.232 e. The summed E-state index contributed by atoms with van der Waals surface area (Å²) in [7, 11) is 0. The first kappa shape index (κ1) is 16.2. The average Bonchev–Trinajstić information content (AvgIpc) is 2.61. The number of halogens is 1. The Bertz CT molecular complexity index is 743. The largest absolute Gasteiger partial charge is 0.352 e. The summed E-state index contributed by atoms with van der Waals surface area (Å²) in [6.07, 6.45) is 0.655. The van der Waals surface area contributed by atoms with E-state index in [1.807, 2.05) is 18.2 Å². The standard InChI is InChI=1S/C19H19FN2O2/c20-17-7-5-14(6-8-17)12-21-18(23)11-19(24)22-10-9-15-3-1-2-4-16(15)13-22/h1-8H,9-13H2,(H,21,23). The number of hydrogen-bond acceptors (Lipinski definition) is 2.